The van der Waals surface area contributed by atoms with E-state index in [-0.39, 0.29) is 17.0 Å². The van der Waals surface area contributed by atoms with E-state index >= 15 is 0 Å². The lowest BCUT2D eigenvalue weighted by Crippen LogP contribution is -2.65. The van der Waals surface area contributed by atoms with Gasteiger partial charge >= 0.3 is 0 Å². The van der Waals surface area contributed by atoms with E-state index in [1.54, 1.807) is 0 Å². The fourth-order valence-corrected chi connectivity index (χ4v) is 4.55. The molecule has 2 saturated heterocycles. The second kappa shape index (κ2) is 4.44. The highest BCUT2D eigenvalue weighted by Crippen LogP contribution is 2.48. The third kappa shape index (κ3) is 2.27. The van der Waals surface area contributed by atoms with Crippen LogP contribution in [0.1, 0.15) is 67.2 Å². The molecule has 0 aromatic heterocycles. The lowest BCUT2D eigenvalue weighted by molar-refractivity contribution is -0.170. The number of carbonyl (C=O) groups is 1. The summed E-state index contributed by atoms with van der Waals surface area (Å²) in [5.74, 6) is 0.156. The molecule has 4 heteroatoms. The highest BCUT2D eigenvalue weighted by Gasteiger charge is 2.62. The van der Waals surface area contributed by atoms with E-state index in [1.807, 2.05) is 11.9 Å². The Kier molecular flexibility index (Phi) is 3.50. The monoisotopic (exact) mass is 282 g/mol. The molecule has 1 N–H and O–H groups in total. The molecule has 1 spiro atoms. The molecule has 0 unspecified atom stereocenters. The van der Waals surface area contributed by atoms with Gasteiger partial charge in [0.25, 0.3) is 5.91 Å². The molecular formula is C16H30N2O2. The zero-order valence-electron chi connectivity index (χ0n) is 14.1. The van der Waals surface area contributed by atoms with E-state index in [0.29, 0.717) is 0 Å². The van der Waals surface area contributed by atoms with Crippen molar-refractivity contribution in [1.29, 1.82) is 0 Å². The van der Waals surface area contributed by atoms with Crippen molar-refractivity contribution in [3.05, 3.63) is 0 Å². The molecular weight excluding hydrogens is 252 g/mol. The van der Waals surface area contributed by atoms with Crippen LogP contribution < -0.4 is 5.32 Å². The molecule has 2 fully saturated rings. The smallest absolute Gasteiger partial charge is 0.257 e. The summed E-state index contributed by atoms with van der Waals surface area (Å²) in [6.07, 6.45) is 3.13. The van der Waals surface area contributed by atoms with E-state index in [0.717, 1.165) is 25.7 Å². The van der Waals surface area contributed by atoms with Gasteiger partial charge in [-0.15, -0.1) is 0 Å². The minimum atomic E-state index is -0.668. The number of likely N-dealkylation sites (N-methyl/N-ethyl adjacent to an activating group) is 1. The lowest BCUT2D eigenvalue weighted by atomic mass is 9.72. The van der Waals surface area contributed by atoms with Gasteiger partial charge in [0, 0.05) is 31.0 Å². The SMILES string of the molecule is CCC1(CC)OC2(CC(C)(C)NC(C)(C)C2)C(=O)N1C. The number of rotatable bonds is 2. The number of piperidine rings is 1. The van der Waals surface area contributed by atoms with Gasteiger partial charge in [-0.05, 0) is 40.5 Å². The molecule has 0 aromatic carbocycles. The second-order valence-corrected chi connectivity index (χ2v) is 7.86. The maximum Gasteiger partial charge on any atom is 0.257 e. The van der Waals surface area contributed by atoms with Crippen molar-refractivity contribution in [2.24, 2.45) is 0 Å². The van der Waals surface area contributed by atoms with Crippen LogP contribution in [-0.4, -0.2) is 40.3 Å². The predicted molar refractivity (Wildman–Crippen MR) is 80.4 cm³/mol. The molecule has 0 bridgehead atoms. The standard InChI is InChI=1S/C16H30N2O2/c1-8-16(9-2)18(7)12(19)15(20-16)10-13(3,4)17-14(5,6)11-15/h17H,8-11H2,1-7H3. The number of nitrogens with zero attached hydrogens (tertiary/aromatic N) is 1. The summed E-state index contributed by atoms with van der Waals surface area (Å²) in [6.45, 7) is 12.8. The van der Waals surface area contributed by atoms with Crippen molar-refractivity contribution >= 4 is 5.91 Å². The number of nitrogens with one attached hydrogen (secondary N) is 1. The third-order valence-electron chi connectivity index (χ3n) is 4.93. The van der Waals surface area contributed by atoms with Crippen LogP contribution in [0.5, 0.6) is 0 Å². The van der Waals surface area contributed by atoms with Crippen molar-refractivity contribution in [1.82, 2.24) is 10.2 Å². The normalized spacial score (nSPS) is 29.9. The Balaban J connectivity index is 2.43. The van der Waals surface area contributed by atoms with Gasteiger partial charge in [-0.2, -0.15) is 0 Å². The van der Waals surface area contributed by atoms with Crippen LogP contribution in [0.3, 0.4) is 0 Å². The van der Waals surface area contributed by atoms with Gasteiger partial charge in [0.05, 0.1) is 0 Å². The Morgan fingerprint density at radius 1 is 1.10 bits per heavy atom. The first-order chi connectivity index (χ1) is 9.02. The number of ether oxygens (including phenoxy) is 1. The minimum absolute atomic E-state index is 0.101. The molecule has 1 amide bonds. The van der Waals surface area contributed by atoms with E-state index in [2.05, 4.69) is 46.9 Å². The molecule has 0 radical (unpaired) electrons. The molecule has 4 nitrogen and oxygen atoms in total. The van der Waals surface area contributed by atoms with Crippen molar-refractivity contribution < 1.29 is 9.53 Å². The van der Waals surface area contributed by atoms with Crippen LogP contribution in [0.15, 0.2) is 0 Å². The summed E-state index contributed by atoms with van der Waals surface area (Å²) in [5, 5.41) is 3.63. The fraction of sp³-hybridized carbons (Fsp3) is 0.938. The molecule has 2 rings (SSSR count). The first-order valence-electron chi connectivity index (χ1n) is 7.79. The van der Waals surface area contributed by atoms with Crippen molar-refractivity contribution in [2.75, 3.05) is 7.05 Å². The quantitative estimate of drug-likeness (QED) is 0.846. The third-order valence-corrected chi connectivity index (χ3v) is 4.93. The number of carbonyl (C=O) groups excluding carboxylic acids is 1. The Bertz CT molecular complexity index is 395. The first-order valence-corrected chi connectivity index (χ1v) is 7.79. The van der Waals surface area contributed by atoms with Crippen LogP contribution in [-0.2, 0) is 9.53 Å². The van der Waals surface area contributed by atoms with Crippen LogP contribution in [0, 0.1) is 0 Å². The largest absolute Gasteiger partial charge is 0.339 e. The summed E-state index contributed by atoms with van der Waals surface area (Å²) in [5.41, 5.74) is -1.30. The van der Waals surface area contributed by atoms with Crippen LogP contribution >= 0.6 is 0 Å². The highest BCUT2D eigenvalue weighted by molar-refractivity contribution is 5.88. The molecule has 2 heterocycles. The molecule has 116 valence electrons. The second-order valence-electron chi connectivity index (χ2n) is 7.86. The Hall–Kier alpha value is -0.610. The minimum Gasteiger partial charge on any atom is -0.339 e. The average molecular weight is 282 g/mol. The summed E-state index contributed by atoms with van der Waals surface area (Å²) >= 11 is 0. The van der Waals surface area contributed by atoms with Crippen LogP contribution in [0.2, 0.25) is 0 Å². The Morgan fingerprint density at radius 2 is 1.55 bits per heavy atom. The van der Waals surface area contributed by atoms with Crippen molar-refractivity contribution in [2.45, 2.75) is 89.6 Å². The summed E-state index contributed by atoms with van der Waals surface area (Å²) in [7, 11) is 1.89. The molecule has 20 heavy (non-hydrogen) atoms. The molecule has 2 aliphatic rings. The van der Waals surface area contributed by atoms with Gasteiger partial charge < -0.3 is 15.0 Å². The predicted octanol–water partition coefficient (Wildman–Crippen LogP) is 2.67. The van der Waals surface area contributed by atoms with E-state index in [1.165, 1.54) is 0 Å². The summed E-state index contributed by atoms with van der Waals surface area (Å²) in [4.78, 5) is 14.8. The van der Waals surface area contributed by atoms with E-state index < -0.39 is 11.3 Å². The molecule has 2 aliphatic heterocycles. The molecule has 0 atom stereocenters. The fourth-order valence-electron chi connectivity index (χ4n) is 4.55. The van der Waals surface area contributed by atoms with Gasteiger partial charge in [0.1, 0.15) is 5.72 Å². The van der Waals surface area contributed by atoms with Crippen LogP contribution in [0.25, 0.3) is 0 Å². The molecule has 0 aromatic rings. The van der Waals surface area contributed by atoms with Crippen molar-refractivity contribution in [3.63, 3.8) is 0 Å². The average Bonchev–Trinajstić information content (AvgIpc) is 2.47. The summed E-state index contributed by atoms with van der Waals surface area (Å²) < 4.78 is 6.51. The van der Waals surface area contributed by atoms with Gasteiger partial charge in [0.15, 0.2) is 5.60 Å². The van der Waals surface area contributed by atoms with Gasteiger partial charge in [-0.25, -0.2) is 0 Å². The molecule has 0 saturated carbocycles. The first kappa shape index (κ1) is 15.8. The Morgan fingerprint density at radius 3 is 1.90 bits per heavy atom. The lowest BCUT2D eigenvalue weighted by Gasteiger charge is -2.50. The topological polar surface area (TPSA) is 41.6 Å². The highest BCUT2D eigenvalue weighted by atomic mass is 16.6. The maximum atomic E-state index is 13.0. The van der Waals surface area contributed by atoms with Gasteiger partial charge in [0.2, 0.25) is 0 Å². The number of hydrogen-bond donors (Lipinski definition) is 1. The number of hydrogen-bond acceptors (Lipinski definition) is 3. The summed E-state index contributed by atoms with van der Waals surface area (Å²) in [6, 6.07) is 0. The van der Waals surface area contributed by atoms with Crippen LogP contribution in [0.4, 0.5) is 0 Å². The van der Waals surface area contributed by atoms with E-state index in [4.69, 9.17) is 4.74 Å². The molecule has 0 aliphatic carbocycles. The number of amides is 1. The van der Waals surface area contributed by atoms with Gasteiger partial charge in [-0.1, -0.05) is 13.8 Å². The van der Waals surface area contributed by atoms with Gasteiger partial charge in [-0.3, -0.25) is 4.79 Å². The zero-order valence-corrected chi connectivity index (χ0v) is 14.1. The van der Waals surface area contributed by atoms with Crippen molar-refractivity contribution in [3.8, 4) is 0 Å². The zero-order chi connectivity index (χ0) is 15.4. The van der Waals surface area contributed by atoms with E-state index in [9.17, 15) is 4.79 Å². The Labute approximate surface area is 123 Å². The maximum absolute atomic E-state index is 13.0.